The van der Waals surface area contributed by atoms with Crippen LogP contribution in [0.15, 0.2) is 24.9 Å². The number of imidazole rings is 1. The van der Waals surface area contributed by atoms with Crippen LogP contribution >= 0.6 is 0 Å². The van der Waals surface area contributed by atoms with Gasteiger partial charge in [-0.25, -0.2) is 4.98 Å². The van der Waals surface area contributed by atoms with Gasteiger partial charge in [0.15, 0.2) is 0 Å². The fraction of sp³-hybridized carbons (Fsp3) is 0.455. The minimum absolute atomic E-state index is 0.0831. The van der Waals surface area contributed by atoms with Crippen LogP contribution in [0.4, 0.5) is 0 Å². The Labute approximate surface area is 94.9 Å². The van der Waals surface area contributed by atoms with E-state index in [9.17, 15) is 0 Å². The van der Waals surface area contributed by atoms with E-state index in [4.69, 9.17) is 0 Å². The highest BCUT2D eigenvalue weighted by atomic mass is 15.1. The monoisotopic (exact) mass is 219 g/mol. The van der Waals surface area contributed by atoms with Crippen molar-refractivity contribution in [3.63, 3.8) is 0 Å². The topological polar surface area (TPSA) is 58.5 Å². The van der Waals surface area contributed by atoms with Crippen molar-refractivity contribution in [1.29, 1.82) is 0 Å². The Morgan fingerprint density at radius 3 is 2.88 bits per heavy atom. The summed E-state index contributed by atoms with van der Waals surface area (Å²) in [5.41, 5.74) is 2.22. The van der Waals surface area contributed by atoms with Gasteiger partial charge in [-0.3, -0.25) is 5.10 Å². The molecule has 5 heteroatoms. The van der Waals surface area contributed by atoms with E-state index in [1.165, 1.54) is 0 Å². The van der Waals surface area contributed by atoms with Crippen LogP contribution in [0.5, 0.6) is 0 Å². The summed E-state index contributed by atoms with van der Waals surface area (Å²) in [6.07, 6.45) is 7.48. The van der Waals surface area contributed by atoms with E-state index in [2.05, 4.69) is 38.9 Å². The normalized spacial score (nSPS) is 11.9. The van der Waals surface area contributed by atoms with Crippen LogP contribution in [0, 0.1) is 0 Å². The number of rotatable bonds is 4. The number of nitrogens with zero attached hydrogens (tertiary/aromatic N) is 3. The molecule has 0 unspecified atom stereocenters. The second-order valence-electron chi connectivity index (χ2n) is 4.39. The zero-order valence-corrected chi connectivity index (χ0v) is 9.86. The Kier molecular flexibility index (Phi) is 2.78. The number of nitrogens with one attached hydrogen (secondary N) is 2. The Bertz CT molecular complexity index is 441. The van der Waals surface area contributed by atoms with Gasteiger partial charge in [0, 0.05) is 11.8 Å². The second kappa shape index (κ2) is 4.09. The molecule has 2 heterocycles. The van der Waals surface area contributed by atoms with E-state index >= 15 is 0 Å². The molecule has 2 aromatic rings. The molecule has 0 amide bonds. The molecule has 0 aliphatic rings. The lowest BCUT2D eigenvalue weighted by atomic mass is 10.0. The molecule has 0 aliphatic heterocycles. The molecule has 0 radical (unpaired) electrons. The Hall–Kier alpha value is -1.62. The molecule has 2 N–H and O–H groups in total. The van der Waals surface area contributed by atoms with Gasteiger partial charge in [-0.05, 0) is 20.9 Å². The van der Waals surface area contributed by atoms with Gasteiger partial charge in [-0.15, -0.1) is 0 Å². The van der Waals surface area contributed by atoms with Crippen molar-refractivity contribution in [2.45, 2.75) is 25.9 Å². The number of aromatic nitrogens is 4. The summed E-state index contributed by atoms with van der Waals surface area (Å²) in [5, 5.41) is 10.0. The molecule has 0 saturated carbocycles. The van der Waals surface area contributed by atoms with E-state index in [0.717, 1.165) is 17.8 Å². The van der Waals surface area contributed by atoms with E-state index in [1.54, 1.807) is 0 Å². The lowest BCUT2D eigenvalue weighted by Crippen LogP contribution is -2.35. The number of H-pyrrole nitrogens is 1. The van der Waals surface area contributed by atoms with Crippen molar-refractivity contribution in [2.75, 3.05) is 7.05 Å². The zero-order chi connectivity index (χ0) is 11.6. The second-order valence-corrected chi connectivity index (χ2v) is 4.39. The van der Waals surface area contributed by atoms with Crippen LogP contribution in [0.1, 0.15) is 25.1 Å². The molecule has 0 aromatic carbocycles. The molecule has 2 rings (SSSR count). The highest BCUT2D eigenvalue weighted by Gasteiger charge is 2.22. The van der Waals surface area contributed by atoms with Crippen LogP contribution in [0.25, 0.3) is 0 Å². The van der Waals surface area contributed by atoms with Gasteiger partial charge in [0.25, 0.3) is 0 Å². The van der Waals surface area contributed by atoms with Crippen molar-refractivity contribution < 1.29 is 0 Å². The molecule has 0 atom stereocenters. The van der Waals surface area contributed by atoms with E-state index in [-0.39, 0.29) is 5.54 Å². The Balaban J connectivity index is 2.26. The van der Waals surface area contributed by atoms with Crippen molar-refractivity contribution in [1.82, 2.24) is 25.1 Å². The molecule has 0 fully saturated rings. The first-order valence-corrected chi connectivity index (χ1v) is 5.30. The minimum Gasteiger partial charge on any atom is -0.328 e. The standard InChI is InChI=1S/C11H17N5/c1-11(2,12-3)10-6-13-8-16(10)7-9-4-14-15-5-9/h4-6,8,12H,7H2,1-3H3,(H,14,15). The van der Waals surface area contributed by atoms with Gasteiger partial charge in [0.2, 0.25) is 0 Å². The first-order valence-electron chi connectivity index (χ1n) is 5.30. The minimum atomic E-state index is -0.0831. The smallest absolute Gasteiger partial charge is 0.0951 e. The molecule has 5 nitrogen and oxygen atoms in total. The summed E-state index contributed by atoms with van der Waals surface area (Å²) < 4.78 is 2.13. The Morgan fingerprint density at radius 2 is 2.25 bits per heavy atom. The molecule has 0 aliphatic carbocycles. The number of aromatic amines is 1. The maximum atomic E-state index is 4.21. The summed E-state index contributed by atoms with van der Waals surface area (Å²) >= 11 is 0. The SMILES string of the molecule is CNC(C)(C)c1cncn1Cc1cn[nH]c1. The summed E-state index contributed by atoms with van der Waals surface area (Å²) in [6, 6.07) is 0. The summed E-state index contributed by atoms with van der Waals surface area (Å²) in [4.78, 5) is 4.21. The summed E-state index contributed by atoms with van der Waals surface area (Å²) in [5.74, 6) is 0. The van der Waals surface area contributed by atoms with Crippen molar-refractivity contribution >= 4 is 0 Å². The highest BCUT2D eigenvalue weighted by molar-refractivity contribution is 5.14. The zero-order valence-electron chi connectivity index (χ0n) is 9.86. The number of hydrogen-bond acceptors (Lipinski definition) is 3. The molecule has 0 spiro atoms. The summed E-state index contributed by atoms with van der Waals surface area (Å²) in [7, 11) is 1.95. The van der Waals surface area contributed by atoms with Crippen molar-refractivity contribution in [2.24, 2.45) is 0 Å². The third kappa shape index (κ3) is 1.99. The van der Waals surface area contributed by atoms with Gasteiger partial charge in [0.05, 0.1) is 36.5 Å². The molecule has 2 aromatic heterocycles. The predicted molar refractivity (Wildman–Crippen MR) is 62.0 cm³/mol. The summed E-state index contributed by atoms with van der Waals surface area (Å²) in [6.45, 7) is 5.06. The first kappa shape index (κ1) is 10.9. The molecule has 86 valence electrons. The lowest BCUT2D eigenvalue weighted by molar-refractivity contribution is 0.413. The van der Waals surface area contributed by atoms with Crippen LogP contribution in [-0.2, 0) is 12.1 Å². The number of hydrogen-bond donors (Lipinski definition) is 2. The molecule has 0 saturated heterocycles. The fourth-order valence-corrected chi connectivity index (χ4v) is 1.66. The van der Waals surface area contributed by atoms with Gasteiger partial charge in [0.1, 0.15) is 0 Å². The maximum absolute atomic E-state index is 4.21. The maximum Gasteiger partial charge on any atom is 0.0951 e. The molecule has 16 heavy (non-hydrogen) atoms. The van der Waals surface area contributed by atoms with Crippen LogP contribution in [0.3, 0.4) is 0 Å². The average Bonchev–Trinajstić information content (AvgIpc) is 2.89. The van der Waals surface area contributed by atoms with E-state index in [0.29, 0.717) is 0 Å². The van der Waals surface area contributed by atoms with Crippen molar-refractivity contribution in [3.8, 4) is 0 Å². The average molecular weight is 219 g/mol. The van der Waals surface area contributed by atoms with E-state index in [1.807, 2.05) is 32.0 Å². The fourth-order valence-electron chi connectivity index (χ4n) is 1.66. The lowest BCUT2D eigenvalue weighted by Gasteiger charge is -2.25. The van der Waals surface area contributed by atoms with Gasteiger partial charge in [-0.2, -0.15) is 5.10 Å². The quantitative estimate of drug-likeness (QED) is 0.809. The van der Waals surface area contributed by atoms with Crippen LogP contribution < -0.4 is 5.32 Å². The predicted octanol–water partition coefficient (Wildman–Crippen LogP) is 1.11. The van der Waals surface area contributed by atoms with Gasteiger partial charge < -0.3 is 9.88 Å². The molecule has 0 bridgehead atoms. The third-order valence-electron chi connectivity index (χ3n) is 2.89. The largest absolute Gasteiger partial charge is 0.328 e. The highest BCUT2D eigenvalue weighted by Crippen LogP contribution is 2.19. The van der Waals surface area contributed by atoms with Crippen LogP contribution in [0.2, 0.25) is 0 Å². The third-order valence-corrected chi connectivity index (χ3v) is 2.89. The van der Waals surface area contributed by atoms with E-state index < -0.39 is 0 Å². The van der Waals surface area contributed by atoms with Gasteiger partial charge >= 0.3 is 0 Å². The van der Waals surface area contributed by atoms with Crippen LogP contribution in [-0.4, -0.2) is 26.8 Å². The molecular formula is C11H17N5. The molecular weight excluding hydrogens is 202 g/mol. The van der Waals surface area contributed by atoms with Crippen molar-refractivity contribution in [3.05, 3.63) is 36.2 Å². The Morgan fingerprint density at radius 1 is 1.44 bits per heavy atom. The van der Waals surface area contributed by atoms with Gasteiger partial charge in [-0.1, -0.05) is 0 Å². The first-order chi connectivity index (χ1) is 7.63.